The van der Waals surface area contributed by atoms with Gasteiger partial charge in [0.15, 0.2) is 0 Å². The van der Waals surface area contributed by atoms with Crippen LogP contribution in [-0.4, -0.2) is 23.9 Å². The fourth-order valence-corrected chi connectivity index (χ4v) is 2.24. The van der Waals surface area contributed by atoms with Crippen molar-refractivity contribution in [2.24, 2.45) is 0 Å². The number of rotatable bonds is 3. The summed E-state index contributed by atoms with van der Waals surface area (Å²) in [6.45, 7) is 4.12. The monoisotopic (exact) mass is 262 g/mol. The van der Waals surface area contributed by atoms with Crippen molar-refractivity contribution in [1.29, 1.82) is 0 Å². The summed E-state index contributed by atoms with van der Waals surface area (Å²) in [4.78, 5) is 27.4. The van der Waals surface area contributed by atoms with Crippen LogP contribution in [0.5, 0.6) is 5.88 Å². The van der Waals surface area contributed by atoms with Gasteiger partial charge in [-0.2, -0.15) is 0 Å². The molecule has 1 saturated heterocycles. The Hall–Kier alpha value is -1.91. The van der Waals surface area contributed by atoms with Crippen molar-refractivity contribution in [3.05, 3.63) is 23.4 Å². The van der Waals surface area contributed by atoms with Gasteiger partial charge in [-0.15, -0.1) is 0 Å². The zero-order chi connectivity index (χ0) is 14.0. The molecule has 0 radical (unpaired) electrons. The number of methoxy groups -OCH3 is 1. The summed E-state index contributed by atoms with van der Waals surface area (Å²) in [5.74, 6) is -0.00149. The maximum Gasteiger partial charge on any atom is 0.235 e. The van der Waals surface area contributed by atoms with Crippen molar-refractivity contribution >= 4 is 11.8 Å². The Labute approximate surface area is 112 Å². The number of carbonyl (C=O) groups excluding carboxylic acids is 2. The van der Waals surface area contributed by atoms with Crippen LogP contribution in [0.4, 0.5) is 0 Å². The summed E-state index contributed by atoms with van der Waals surface area (Å²) in [7, 11) is 1.57. The summed E-state index contributed by atoms with van der Waals surface area (Å²) >= 11 is 0. The van der Waals surface area contributed by atoms with Gasteiger partial charge < -0.3 is 4.74 Å². The van der Waals surface area contributed by atoms with Crippen molar-refractivity contribution in [3.63, 3.8) is 0 Å². The second-order valence-electron chi connectivity index (χ2n) is 4.99. The lowest BCUT2D eigenvalue weighted by Gasteiger charge is -2.21. The Balaban J connectivity index is 2.31. The van der Waals surface area contributed by atoms with E-state index in [-0.39, 0.29) is 17.7 Å². The highest BCUT2D eigenvalue weighted by atomic mass is 16.5. The van der Waals surface area contributed by atoms with Crippen LogP contribution in [0.3, 0.4) is 0 Å². The minimum Gasteiger partial charge on any atom is -0.481 e. The number of ether oxygens (including phenoxy) is 1. The van der Waals surface area contributed by atoms with E-state index in [1.54, 1.807) is 7.11 Å². The zero-order valence-electron chi connectivity index (χ0n) is 11.4. The van der Waals surface area contributed by atoms with Crippen LogP contribution in [0, 0.1) is 0 Å². The SMILES string of the molecule is COc1nc([C@@H]2CCC(=O)NC2=O)ccc1C(C)C. The first-order valence-electron chi connectivity index (χ1n) is 6.41. The molecule has 19 heavy (non-hydrogen) atoms. The van der Waals surface area contributed by atoms with Crippen LogP contribution >= 0.6 is 0 Å². The number of hydrogen-bond acceptors (Lipinski definition) is 4. The van der Waals surface area contributed by atoms with Gasteiger partial charge in [0.25, 0.3) is 0 Å². The third-order valence-corrected chi connectivity index (χ3v) is 3.32. The van der Waals surface area contributed by atoms with Crippen molar-refractivity contribution in [2.75, 3.05) is 7.11 Å². The Kier molecular flexibility index (Phi) is 3.83. The van der Waals surface area contributed by atoms with E-state index in [9.17, 15) is 9.59 Å². The minimum absolute atomic E-state index is 0.216. The van der Waals surface area contributed by atoms with E-state index in [4.69, 9.17) is 4.74 Å². The highest BCUT2D eigenvalue weighted by Crippen LogP contribution is 2.29. The lowest BCUT2D eigenvalue weighted by atomic mass is 9.93. The molecule has 0 spiro atoms. The lowest BCUT2D eigenvalue weighted by molar-refractivity contribution is -0.134. The van der Waals surface area contributed by atoms with Gasteiger partial charge in [-0.05, 0) is 18.4 Å². The summed E-state index contributed by atoms with van der Waals surface area (Å²) in [6.07, 6.45) is 0.855. The number of carbonyl (C=O) groups is 2. The molecule has 2 heterocycles. The van der Waals surface area contributed by atoms with Gasteiger partial charge in [-0.3, -0.25) is 14.9 Å². The van der Waals surface area contributed by atoms with Crippen molar-refractivity contribution in [2.45, 2.75) is 38.5 Å². The molecule has 2 amide bonds. The molecule has 1 fully saturated rings. The molecule has 5 nitrogen and oxygen atoms in total. The van der Waals surface area contributed by atoms with E-state index in [1.807, 2.05) is 12.1 Å². The van der Waals surface area contributed by atoms with Crippen molar-refractivity contribution in [1.82, 2.24) is 10.3 Å². The van der Waals surface area contributed by atoms with Crippen LogP contribution in [0.25, 0.3) is 0 Å². The molecule has 5 heteroatoms. The van der Waals surface area contributed by atoms with E-state index in [1.165, 1.54) is 0 Å². The fraction of sp³-hybridized carbons (Fsp3) is 0.500. The highest BCUT2D eigenvalue weighted by Gasteiger charge is 2.29. The van der Waals surface area contributed by atoms with Crippen LogP contribution < -0.4 is 10.1 Å². The van der Waals surface area contributed by atoms with E-state index < -0.39 is 0 Å². The zero-order valence-corrected chi connectivity index (χ0v) is 11.4. The standard InChI is InChI=1S/C14H18N2O3/c1-8(2)9-4-6-11(15-14(9)19-3)10-5-7-12(17)16-13(10)18/h4,6,8,10H,5,7H2,1-3H3,(H,16,17,18)/t10-/m0/s1. The van der Waals surface area contributed by atoms with E-state index in [0.717, 1.165) is 5.56 Å². The Morgan fingerprint density at radius 2 is 2.11 bits per heavy atom. The summed E-state index contributed by atoms with van der Waals surface area (Å²) in [5, 5.41) is 2.34. The topological polar surface area (TPSA) is 68.3 Å². The second-order valence-corrected chi connectivity index (χ2v) is 4.99. The van der Waals surface area contributed by atoms with Crippen LogP contribution in [0.15, 0.2) is 12.1 Å². The Bertz CT molecular complexity index is 511. The molecule has 1 atom stereocenters. The molecule has 0 unspecified atom stereocenters. The predicted molar refractivity (Wildman–Crippen MR) is 70.0 cm³/mol. The van der Waals surface area contributed by atoms with Gasteiger partial charge in [-0.25, -0.2) is 4.98 Å². The number of amides is 2. The average Bonchev–Trinajstić information content (AvgIpc) is 2.37. The van der Waals surface area contributed by atoms with Crippen molar-refractivity contribution < 1.29 is 14.3 Å². The molecule has 0 aromatic carbocycles. The van der Waals surface area contributed by atoms with Crippen molar-refractivity contribution in [3.8, 4) is 5.88 Å². The molecule has 1 aromatic heterocycles. The van der Waals surface area contributed by atoms with Crippen LogP contribution in [-0.2, 0) is 9.59 Å². The molecule has 0 saturated carbocycles. The van der Waals surface area contributed by atoms with Gasteiger partial charge in [0.1, 0.15) is 0 Å². The molecule has 2 rings (SSSR count). The fourth-order valence-electron chi connectivity index (χ4n) is 2.24. The highest BCUT2D eigenvalue weighted by molar-refractivity contribution is 6.00. The van der Waals surface area contributed by atoms with E-state index >= 15 is 0 Å². The summed E-state index contributed by atoms with van der Waals surface area (Å²) in [5.41, 5.74) is 1.67. The number of piperidine rings is 1. The number of imide groups is 1. The summed E-state index contributed by atoms with van der Waals surface area (Å²) < 4.78 is 5.28. The molecule has 1 aromatic rings. The largest absolute Gasteiger partial charge is 0.481 e. The van der Waals surface area contributed by atoms with Gasteiger partial charge in [0.05, 0.1) is 18.7 Å². The van der Waals surface area contributed by atoms with Crippen LogP contribution in [0.1, 0.15) is 49.8 Å². The molecular formula is C14H18N2O3. The van der Waals surface area contributed by atoms with Gasteiger partial charge in [0, 0.05) is 12.0 Å². The van der Waals surface area contributed by atoms with E-state index in [0.29, 0.717) is 30.3 Å². The molecular weight excluding hydrogens is 244 g/mol. The maximum absolute atomic E-state index is 11.8. The molecule has 0 bridgehead atoms. The number of nitrogens with zero attached hydrogens (tertiary/aromatic N) is 1. The Morgan fingerprint density at radius 3 is 2.68 bits per heavy atom. The summed E-state index contributed by atoms with van der Waals surface area (Å²) in [6, 6.07) is 3.79. The molecule has 102 valence electrons. The first-order chi connectivity index (χ1) is 9.02. The first kappa shape index (κ1) is 13.5. The molecule has 1 aliphatic heterocycles. The average molecular weight is 262 g/mol. The lowest BCUT2D eigenvalue weighted by Crippen LogP contribution is -2.39. The normalized spacial score (nSPS) is 19.5. The number of hydrogen-bond donors (Lipinski definition) is 1. The third-order valence-electron chi connectivity index (χ3n) is 3.32. The van der Waals surface area contributed by atoms with Gasteiger partial charge in [-0.1, -0.05) is 19.9 Å². The first-order valence-corrected chi connectivity index (χ1v) is 6.41. The van der Waals surface area contributed by atoms with Gasteiger partial charge >= 0.3 is 0 Å². The predicted octanol–water partition coefficient (Wildman–Crippen LogP) is 1.73. The minimum atomic E-state index is -0.368. The molecule has 1 aliphatic rings. The Morgan fingerprint density at radius 1 is 1.37 bits per heavy atom. The molecule has 1 N–H and O–H groups in total. The van der Waals surface area contributed by atoms with E-state index in [2.05, 4.69) is 24.1 Å². The number of pyridine rings is 1. The van der Waals surface area contributed by atoms with Crippen LogP contribution in [0.2, 0.25) is 0 Å². The second kappa shape index (κ2) is 5.38. The number of nitrogens with one attached hydrogen (secondary N) is 1. The number of aromatic nitrogens is 1. The molecule has 0 aliphatic carbocycles. The van der Waals surface area contributed by atoms with Gasteiger partial charge in [0.2, 0.25) is 17.7 Å². The quantitative estimate of drug-likeness (QED) is 0.842. The maximum atomic E-state index is 11.8. The third kappa shape index (κ3) is 2.75. The smallest absolute Gasteiger partial charge is 0.235 e.